The Bertz CT molecular complexity index is 1250. The Morgan fingerprint density at radius 1 is 1.04 bits per heavy atom. The van der Waals surface area contributed by atoms with Gasteiger partial charge in [-0.3, -0.25) is 9.36 Å². The number of benzene rings is 2. The highest BCUT2D eigenvalue weighted by Crippen LogP contribution is 2.25. The van der Waals surface area contributed by atoms with Crippen LogP contribution in [0.5, 0.6) is 0 Å². The zero-order valence-corrected chi connectivity index (χ0v) is 16.7. The zero-order valence-electron chi connectivity index (χ0n) is 15.7. The Morgan fingerprint density at radius 2 is 1.70 bits per heavy atom. The van der Waals surface area contributed by atoms with Crippen molar-refractivity contribution in [3.63, 3.8) is 0 Å². The van der Waals surface area contributed by atoms with Gasteiger partial charge in [-0.15, -0.1) is 0 Å². The molecule has 0 radical (unpaired) electrons. The lowest BCUT2D eigenvalue weighted by molar-refractivity contribution is 0.757. The van der Waals surface area contributed by atoms with Crippen molar-refractivity contribution in [2.24, 2.45) is 0 Å². The number of rotatable bonds is 3. The molecular formula is C22H21N3OSi. The zero-order chi connectivity index (χ0) is 19.2. The third-order valence-corrected chi connectivity index (χ3v) is 6.95. The van der Waals surface area contributed by atoms with E-state index >= 15 is 0 Å². The summed E-state index contributed by atoms with van der Waals surface area (Å²) in [5.74, 6) is 0. The summed E-state index contributed by atoms with van der Waals surface area (Å²) < 4.78 is 1.64. The van der Waals surface area contributed by atoms with Gasteiger partial charge < -0.3 is 4.98 Å². The molecule has 27 heavy (non-hydrogen) atoms. The van der Waals surface area contributed by atoms with E-state index in [1.807, 2.05) is 54.6 Å². The van der Waals surface area contributed by atoms with Crippen LogP contribution in [-0.4, -0.2) is 17.6 Å². The summed E-state index contributed by atoms with van der Waals surface area (Å²) in [4.78, 5) is 16.7. The third-order valence-electron chi connectivity index (χ3n) is 4.96. The fourth-order valence-corrected chi connectivity index (χ4v) is 5.73. The molecule has 0 saturated carbocycles. The van der Waals surface area contributed by atoms with E-state index in [2.05, 4.69) is 30.7 Å². The van der Waals surface area contributed by atoms with Crippen LogP contribution in [0.1, 0.15) is 11.3 Å². The van der Waals surface area contributed by atoms with Crippen molar-refractivity contribution < 1.29 is 0 Å². The number of hydrogen-bond donors (Lipinski definition) is 1. The maximum absolute atomic E-state index is 13.4. The lowest BCUT2D eigenvalue weighted by Crippen LogP contribution is -2.44. The average molecular weight is 372 g/mol. The minimum Gasteiger partial charge on any atom is -0.350 e. The highest BCUT2D eigenvalue weighted by molar-refractivity contribution is 6.91. The topological polar surface area (TPSA) is 61.6 Å². The Kier molecular flexibility index (Phi) is 4.01. The predicted molar refractivity (Wildman–Crippen MR) is 113 cm³/mol. The van der Waals surface area contributed by atoms with Gasteiger partial charge in [-0.25, -0.2) is 0 Å². The highest BCUT2D eigenvalue weighted by atomic mass is 28.3. The van der Waals surface area contributed by atoms with Crippen molar-refractivity contribution >= 4 is 35.1 Å². The van der Waals surface area contributed by atoms with Crippen LogP contribution < -0.4 is 10.7 Å². The Morgan fingerprint density at radius 3 is 2.37 bits per heavy atom. The van der Waals surface area contributed by atoms with E-state index < -0.39 is 8.07 Å². The molecule has 2 heterocycles. The molecule has 0 atom stereocenters. The SMILES string of the molecule is C[Si](C)(C)c1c(C#N)n(Cc2ccccc2)c(=O)c2[nH]c3ccccc3c12. The van der Waals surface area contributed by atoms with E-state index in [0.29, 0.717) is 17.8 Å². The summed E-state index contributed by atoms with van der Waals surface area (Å²) in [6.07, 6.45) is 0. The fourth-order valence-electron chi connectivity index (χ4n) is 3.82. The molecule has 4 aromatic rings. The summed E-state index contributed by atoms with van der Waals surface area (Å²) in [5, 5.41) is 13.0. The summed E-state index contributed by atoms with van der Waals surface area (Å²) in [6, 6.07) is 20.1. The minimum atomic E-state index is -1.92. The summed E-state index contributed by atoms with van der Waals surface area (Å²) in [6.45, 7) is 7.07. The number of nitrogens with one attached hydrogen (secondary N) is 1. The molecule has 0 spiro atoms. The van der Waals surface area contributed by atoms with Gasteiger partial charge in [0.05, 0.1) is 14.6 Å². The molecule has 1 N–H and O–H groups in total. The molecular weight excluding hydrogens is 350 g/mol. The maximum atomic E-state index is 13.4. The molecule has 0 aliphatic rings. The van der Waals surface area contributed by atoms with Gasteiger partial charge >= 0.3 is 0 Å². The molecule has 0 fully saturated rings. The van der Waals surface area contributed by atoms with Crippen molar-refractivity contribution in [3.05, 3.63) is 76.2 Å². The fraction of sp³-hybridized carbons (Fsp3) is 0.182. The molecule has 0 bridgehead atoms. The third kappa shape index (κ3) is 2.79. The Hall–Kier alpha value is -3.10. The van der Waals surface area contributed by atoms with Crippen molar-refractivity contribution in [2.75, 3.05) is 0 Å². The van der Waals surface area contributed by atoms with Gasteiger partial charge in [-0.05, 0) is 16.8 Å². The van der Waals surface area contributed by atoms with E-state index in [1.165, 1.54) is 0 Å². The van der Waals surface area contributed by atoms with Gasteiger partial charge in [0.1, 0.15) is 17.3 Å². The predicted octanol–water partition coefficient (Wildman–Crippen LogP) is 3.95. The first-order valence-corrected chi connectivity index (χ1v) is 12.5. The van der Waals surface area contributed by atoms with Gasteiger partial charge in [0, 0.05) is 16.3 Å². The van der Waals surface area contributed by atoms with Gasteiger partial charge in [0.15, 0.2) is 0 Å². The largest absolute Gasteiger partial charge is 0.350 e. The first-order valence-electron chi connectivity index (χ1n) is 9.03. The molecule has 0 saturated heterocycles. The van der Waals surface area contributed by atoms with Gasteiger partial charge in [-0.1, -0.05) is 68.2 Å². The number of fused-ring (bicyclic) bond motifs is 3. The molecule has 0 aliphatic carbocycles. The number of nitrogens with zero attached hydrogens (tertiary/aromatic N) is 2. The van der Waals surface area contributed by atoms with Crippen molar-refractivity contribution in [1.82, 2.24) is 9.55 Å². The molecule has 4 nitrogen and oxygen atoms in total. The number of aromatic amines is 1. The summed E-state index contributed by atoms with van der Waals surface area (Å²) >= 11 is 0. The van der Waals surface area contributed by atoms with Gasteiger partial charge in [0.2, 0.25) is 0 Å². The molecule has 2 aromatic heterocycles. The second-order valence-corrected chi connectivity index (χ2v) is 12.9. The van der Waals surface area contributed by atoms with Crippen LogP contribution in [0.3, 0.4) is 0 Å². The Labute approximate surface area is 158 Å². The number of hydrogen-bond acceptors (Lipinski definition) is 2. The monoisotopic (exact) mass is 371 g/mol. The molecule has 4 rings (SSSR count). The van der Waals surface area contributed by atoms with Crippen molar-refractivity contribution in [2.45, 2.75) is 26.2 Å². The summed E-state index contributed by atoms with van der Waals surface area (Å²) in [5.41, 5.74) is 2.91. The number of pyridine rings is 1. The van der Waals surface area contributed by atoms with E-state index in [9.17, 15) is 10.1 Å². The van der Waals surface area contributed by atoms with Crippen LogP contribution in [0.25, 0.3) is 21.8 Å². The van der Waals surface area contributed by atoms with Crippen LogP contribution >= 0.6 is 0 Å². The number of nitriles is 1. The van der Waals surface area contributed by atoms with Crippen LogP contribution in [0.4, 0.5) is 0 Å². The second kappa shape index (κ2) is 6.25. The lowest BCUT2D eigenvalue weighted by atomic mass is 10.1. The van der Waals surface area contributed by atoms with Gasteiger partial charge in [-0.2, -0.15) is 5.26 Å². The first-order chi connectivity index (χ1) is 12.9. The molecule has 0 amide bonds. The van der Waals surface area contributed by atoms with E-state index in [4.69, 9.17) is 0 Å². The number of aromatic nitrogens is 2. The molecule has 134 valence electrons. The quantitative estimate of drug-likeness (QED) is 0.554. The standard InChI is InChI=1S/C22H21N3OSi/c1-27(2,3)21-18(13-23)25(14-15-9-5-4-6-10-15)22(26)20-19(21)16-11-7-8-12-17(16)24-20/h4-12,24H,14H2,1-3H3. The number of H-pyrrole nitrogens is 1. The van der Waals surface area contributed by atoms with E-state index in [0.717, 1.165) is 27.0 Å². The van der Waals surface area contributed by atoms with E-state index in [1.54, 1.807) is 4.57 Å². The van der Waals surface area contributed by atoms with Crippen LogP contribution in [-0.2, 0) is 6.54 Å². The van der Waals surface area contributed by atoms with Crippen LogP contribution in [0.15, 0.2) is 59.4 Å². The highest BCUT2D eigenvalue weighted by Gasteiger charge is 2.29. The Balaban J connectivity index is 2.17. The lowest BCUT2D eigenvalue weighted by Gasteiger charge is -2.22. The minimum absolute atomic E-state index is 0.136. The normalized spacial score (nSPS) is 11.8. The second-order valence-electron chi connectivity index (χ2n) is 7.88. The van der Waals surface area contributed by atoms with Crippen LogP contribution in [0.2, 0.25) is 19.6 Å². The smallest absolute Gasteiger partial charge is 0.276 e. The maximum Gasteiger partial charge on any atom is 0.276 e. The number of para-hydroxylation sites is 1. The molecule has 0 unspecified atom stereocenters. The summed E-state index contributed by atoms with van der Waals surface area (Å²) in [7, 11) is -1.92. The molecule has 2 aromatic carbocycles. The first kappa shape index (κ1) is 17.3. The van der Waals surface area contributed by atoms with Crippen LogP contribution in [0, 0.1) is 11.3 Å². The molecule has 5 heteroatoms. The van der Waals surface area contributed by atoms with E-state index in [-0.39, 0.29) is 5.56 Å². The van der Waals surface area contributed by atoms with Crippen molar-refractivity contribution in [3.8, 4) is 6.07 Å². The average Bonchev–Trinajstić information content (AvgIpc) is 3.03. The van der Waals surface area contributed by atoms with Gasteiger partial charge in [0.25, 0.3) is 5.56 Å². The van der Waals surface area contributed by atoms with Crippen molar-refractivity contribution in [1.29, 1.82) is 5.26 Å². The molecule has 0 aliphatic heterocycles.